The number of nitro benzene ring substituents is 1. The number of hydrogen-bond acceptors (Lipinski definition) is 4. The molecule has 0 spiro atoms. The van der Waals surface area contributed by atoms with Crippen LogP contribution < -0.4 is 4.74 Å². The van der Waals surface area contributed by atoms with Gasteiger partial charge in [0.2, 0.25) is 0 Å². The molecule has 1 aliphatic rings. The molecule has 1 aliphatic heterocycles. The standard InChI is InChI=1S/C11H13NO4/c13-12(14)9-3-5-10(6-4-9)16-8-11-2-1-7-15-11/h3-6,11H,1-2,7-8H2. The largest absolute Gasteiger partial charge is 0.491 e. The predicted octanol–water partition coefficient (Wildman–Crippen LogP) is 2.15. The molecule has 0 aromatic heterocycles. The SMILES string of the molecule is O=[N+]([O-])c1ccc(OCC2CCCO2)cc1. The Hall–Kier alpha value is -1.62. The summed E-state index contributed by atoms with van der Waals surface area (Å²) in [6.07, 6.45) is 2.26. The first-order valence-electron chi connectivity index (χ1n) is 5.24. The third-order valence-electron chi connectivity index (χ3n) is 2.51. The highest BCUT2D eigenvalue weighted by Crippen LogP contribution is 2.19. The second-order valence-electron chi connectivity index (χ2n) is 3.70. The second kappa shape index (κ2) is 4.94. The van der Waals surface area contributed by atoms with Gasteiger partial charge in [0.05, 0.1) is 11.0 Å². The highest BCUT2D eigenvalue weighted by atomic mass is 16.6. The quantitative estimate of drug-likeness (QED) is 0.579. The lowest BCUT2D eigenvalue weighted by molar-refractivity contribution is -0.384. The van der Waals surface area contributed by atoms with Crippen LogP contribution in [0.15, 0.2) is 24.3 Å². The summed E-state index contributed by atoms with van der Waals surface area (Å²) in [4.78, 5) is 10.00. The molecule has 5 nitrogen and oxygen atoms in total. The van der Waals surface area contributed by atoms with Gasteiger partial charge < -0.3 is 9.47 Å². The maximum Gasteiger partial charge on any atom is 0.269 e. The van der Waals surface area contributed by atoms with Crippen LogP contribution >= 0.6 is 0 Å². The molecule has 1 aromatic carbocycles. The molecule has 0 radical (unpaired) electrons. The Labute approximate surface area is 93.1 Å². The molecule has 5 heteroatoms. The van der Waals surface area contributed by atoms with Crippen LogP contribution in [0.2, 0.25) is 0 Å². The van der Waals surface area contributed by atoms with Crippen molar-refractivity contribution in [2.75, 3.05) is 13.2 Å². The highest BCUT2D eigenvalue weighted by molar-refractivity contribution is 5.35. The Bertz CT molecular complexity index is 357. The summed E-state index contributed by atoms with van der Waals surface area (Å²) in [6.45, 7) is 1.31. The van der Waals surface area contributed by atoms with Gasteiger partial charge in [0.25, 0.3) is 5.69 Å². The Morgan fingerprint density at radius 3 is 2.75 bits per heavy atom. The van der Waals surface area contributed by atoms with E-state index in [0.717, 1.165) is 19.4 Å². The van der Waals surface area contributed by atoms with Crippen LogP contribution in [-0.2, 0) is 4.74 Å². The molecule has 86 valence electrons. The van der Waals surface area contributed by atoms with E-state index in [9.17, 15) is 10.1 Å². The predicted molar refractivity (Wildman–Crippen MR) is 57.6 cm³/mol. The monoisotopic (exact) mass is 223 g/mol. The van der Waals surface area contributed by atoms with Gasteiger partial charge >= 0.3 is 0 Å². The summed E-state index contributed by atoms with van der Waals surface area (Å²) in [5.41, 5.74) is 0.0736. The van der Waals surface area contributed by atoms with E-state index in [2.05, 4.69) is 0 Å². The van der Waals surface area contributed by atoms with Crippen molar-refractivity contribution in [1.82, 2.24) is 0 Å². The fourth-order valence-corrected chi connectivity index (χ4v) is 1.63. The van der Waals surface area contributed by atoms with Crippen LogP contribution in [0, 0.1) is 10.1 Å². The van der Waals surface area contributed by atoms with Crippen molar-refractivity contribution in [2.24, 2.45) is 0 Å². The number of hydrogen-bond donors (Lipinski definition) is 0. The van der Waals surface area contributed by atoms with Gasteiger partial charge in [-0.3, -0.25) is 10.1 Å². The van der Waals surface area contributed by atoms with Gasteiger partial charge in [-0.05, 0) is 25.0 Å². The van der Waals surface area contributed by atoms with Gasteiger partial charge in [0, 0.05) is 18.7 Å². The van der Waals surface area contributed by atoms with Gasteiger partial charge in [0.15, 0.2) is 0 Å². The van der Waals surface area contributed by atoms with E-state index in [1.165, 1.54) is 12.1 Å². The van der Waals surface area contributed by atoms with Gasteiger partial charge in [-0.2, -0.15) is 0 Å². The topological polar surface area (TPSA) is 61.6 Å². The molecule has 1 fully saturated rings. The van der Waals surface area contributed by atoms with Gasteiger partial charge in [-0.1, -0.05) is 0 Å². The van der Waals surface area contributed by atoms with Crippen LogP contribution in [0.4, 0.5) is 5.69 Å². The first kappa shape index (κ1) is 10.9. The Morgan fingerprint density at radius 2 is 2.19 bits per heavy atom. The zero-order valence-electron chi connectivity index (χ0n) is 8.80. The molecule has 1 saturated heterocycles. The lowest BCUT2D eigenvalue weighted by atomic mass is 10.2. The summed E-state index contributed by atoms with van der Waals surface area (Å²) in [6, 6.07) is 6.08. The van der Waals surface area contributed by atoms with Gasteiger partial charge in [-0.25, -0.2) is 0 Å². The summed E-state index contributed by atoms with van der Waals surface area (Å²) >= 11 is 0. The molecule has 1 heterocycles. The summed E-state index contributed by atoms with van der Waals surface area (Å²) in [5, 5.41) is 10.4. The number of nitrogens with zero attached hydrogens (tertiary/aromatic N) is 1. The molecule has 16 heavy (non-hydrogen) atoms. The summed E-state index contributed by atoms with van der Waals surface area (Å²) < 4.78 is 10.9. The highest BCUT2D eigenvalue weighted by Gasteiger charge is 2.16. The van der Waals surface area contributed by atoms with Crippen molar-refractivity contribution in [3.8, 4) is 5.75 Å². The van der Waals surface area contributed by atoms with E-state index in [4.69, 9.17) is 9.47 Å². The average molecular weight is 223 g/mol. The number of rotatable bonds is 4. The van der Waals surface area contributed by atoms with E-state index >= 15 is 0 Å². The maximum absolute atomic E-state index is 10.4. The molecule has 0 aliphatic carbocycles. The zero-order valence-corrected chi connectivity index (χ0v) is 8.80. The second-order valence-corrected chi connectivity index (χ2v) is 3.70. The van der Waals surface area contributed by atoms with Crippen molar-refractivity contribution in [3.05, 3.63) is 34.4 Å². The molecule has 0 saturated carbocycles. The first-order chi connectivity index (χ1) is 7.75. The first-order valence-corrected chi connectivity index (χ1v) is 5.24. The average Bonchev–Trinajstić information content (AvgIpc) is 2.80. The van der Waals surface area contributed by atoms with Crippen molar-refractivity contribution in [2.45, 2.75) is 18.9 Å². The van der Waals surface area contributed by atoms with E-state index in [1.54, 1.807) is 12.1 Å². The maximum atomic E-state index is 10.4. The van der Waals surface area contributed by atoms with Crippen LogP contribution in [-0.4, -0.2) is 24.2 Å². The van der Waals surface area contributed by atoms with Gasteiger partial charge in [-0.15, -0.1) is 0 Å². The molecule has 1 unspecified atom stereocenters. The number of nitro groups is 1. The molecule has 0 bridgehead atoms. The van der Waals surface area contributed by atoms with E-state index < -0.39 is 4.92 Å². The Kier molecular flexibility index (Phi) is 3.36. The Morgan fingerprint density at radius 1 is 1.44 bits per heavy atom. The summed E-state index contributed by atoms with van der Waals surface area (Å²) in [5.74, 6) is 0.640. The van der Waals surface area contributed by atoms with Crippen LogP contribution in [0.5, 0.6) is 5.75 Å². The van der Waals surface area contributed by atoms with Crippen molar-refractivity contribution in [3.63, 3.8) is 0 Å². The lowest BCUT2D eigenvalue weighted by Crippen LogP contribution is -2.16. The third kappa shape index (κ3) is 2.70. The van der Waals surface area contributed by atoms with Crippen LogP contribution in [0.3, 0.4) is 0 Å². The Balaban J connectivity index is 1.87. The van der Waals surface area contributed by atoms with E-state index in [0.29, 0.717) is 12.4 Å². The molecule has 1 atom stereocenters. The number of benzene rings is 1. The number of non-ortho nitro benzene ring substituents is 1. The zero-order chi connectivity index (χ0) is 11.4. The molecule has 1 aromatic rings. The van der Waals surface area contributed by atoms with E-state index in [-0.39, 0.29) is 11.8 Å². The van der Waals surface area contributed by atoms with Crippen LogP contribution in [0.25, 0.3) is 0 Å². The molecular weight excluding hydrogens is 210 g/mol. The fourth-order valence-electron chi connectivity index (χ4n) is 1.63. The molecule has 0 amide bonds. The number of ether oxygens (including phenoxy) is 2. The third-order valence-corrected chi connectivity index (χ3v) is 2.51. The molecular formula is C11H13NO4. The fraction of sp³-hybridized carbons (Fsp3) is 0.455. The van der Waals surface area contributed by atoms with Crippen molar-refractivity contribution in [1.29, 1.82) is 0 Å². The minimum atomic E-state index is -0.427. The summed E-state index contributed by atoms with van der Waals surface area (Å²) in [7, 11) is 0. The normalized spacial score (nSPS) is 19.6. The van der Waals surface area contributed by atoms with Gasteiger partial charge in [0.1, 0.15) is 12.4 Å². The minimum Gasteiger partial charge on any atom is -0.491 e. The lowest BCUT2D eigenvalue weighted by Gasteiger charge is -2.10. The van der Waals surface area contributed by atoms with Crippen molar-refractivity contribution < 1.29 is 14.4 Å². The molecule has 0 N–H and O–H groups in total. The minimum absolute atomic E-state index is 0.0736. The van der Waals surface area contributed by atoms with Crippen LogP contribution in [0.1, 0.15) is 12.8 Å². The van der Waals surface area contributed by atoms with E-state index in [1.807, 2.05) is 0 Å². The smallest absolute Gasteiger partial charge is 0.269 e. The molecule has 2 rings (SSSR count). The van der Waals surface area contributed by atoms with Crippen molar-refractivity contribution >= 4 is 5.69 Å².